The van der Waals surface area contributed by atoms with Gasteiger partial charge < -0.3 is 0 Å². The van der Waals surface area contributed by atoms with Crippen molar-refractivity contribution in [2.45, 2.75) is 18.7 Å². The molecule has 0 amide bonds. The van der Waals surface area contributed by atoms with Gasteiger partial charge in [0.2, 0.25) is 10.0 Å². The molecule has 0 aliphatic rings. The van der Waals surface area contributed by atoms with E-state index in [2.05, 4.69) is 27.8 Å². The van der Waals surface area contributed by atoms with E-state index in [-0.39, 0.29) is 18.0 Å². The molecule has 0 spiro atoms. The van der Waals surface area contributed by atoms with Crippen LogP contribution in [-0.2, 0) is 10.0 Å². The fraction of sp³-hybridized carbons (Fsp3) is 0.200. The van der Waals surface area contributed by atoms with Crippen LogP contribution in [0.25, 0.3) is 6.08 Å². The second-order valence-corrected chi connectivity index (χ2v) is 8.47. The summed E-state index contributed by atoms with van der Waals surface area (Å²) >= 11 is 3.49. The van der Waals surface area contributed by atoms with Gasteiger partial charge in [0.25, 0.3) is 0 Å². The van der Waals surface area contributed by atoms with Crippen molar-refractivity contribution in [1.82, 2.24) is 4.31 Å². The maximum Gasteiger partial charge on any atom is 0.244 e. The van der Waals surface area contributed by atoms with Crippen LogP contribution in [0.5, 0.6) is 0 Å². The lowest BCUT2D eigenvalue weighted by Gasteiger charge is -2.20. The van der Waals surface area contributed by atoms with E-state index in [4.69, 9.17) is 0 Å². The van der Waals surface area contributed by atoms with E-state index >= 15 is 0 Å². The van der Waals surface area contributed by atoms with Crippen LogP contribution in [0, 0.1) is 18.8 Å². The van der Waals surface area contributed by atoms with Crippen LogP contribution < -0.4 is 0 Å². The minimum absolute atomic E-state index is 0.143. The van der Waals surface area contributed by atoms with Crippen molar-refractivity contribution in [1.29, 1.82) is 0 Å². The summed E-state index contributed by atoms with van der Waals surface area (Å²) in [6, 6.07) is 16.6. The van der Waals surface area contributed by atoms with E-state index in [0.717, 1.165) is 15.6 Å². The molecular formula is C20H20BrNO2S. The topological polar surface area (TPSA) is 37.4 Å². The Hall–Kier alpha value is -1.87. The summed E-state index contributed by atoms with van der Waals surface area (Å²) in [6.07, 6.45) is 1.91. The van der Waals surface area contributed by atoms with E-state index in [1.165, 1.54) is 4.31 Å². The van der Waals surface area contributed by atoms with Crippen molar-refractivity contribution in [3.8, 4) is 11.8 Å². The smallest absolute Gasteiger partial charge is 0.207 e. The van der Waals surface area contributed by atoms with Gasteiger partial charge in [0.1, 0.15) is 0 Å². The van der Waals surface area contributed by atoms with Crippen molar-refractivity contribution in [2.75, 3.05) is 13.1 Å². The molecule has 0 saturated carbocycles. The van der Waals surface area contributed by atoms with Crippen LogP contribution in [0.4, 0.5) is 0 Å². The Morgan fingerprint density at radius 3 is 2.36 bits per heavy atom. The molecule has 0 N–H and O–H groups in total. The molecule has 0 heterocycles. The second kappa shape index (κ2) is 9.00. The monoisotopic (exact) mass is 417 g/mol. The first-order chi connectivity index (χ1) is 11.9. The second-order valence-electron chi connectivity index (χ2n) is 5.51. The predicted molar refractivity (Wildman–Crippen MR) is 107 cm³/mol. The van der Waals surface area contributed by atoms with Gasteiger partial charge in [0.05, 0.1) is 11.4 Å². The quantitative estimate of drug-likeness (QED) is 0.651. The number of sulfonamides is 1. The maximum absolute atomic E-state index is 12.9. The molecule has 0 bridgehead atoms. The highest BCUT2D eigenvalue weighted by molar-refractivity contribution is 9.11. The first-order valence-corrected chi connectivity index (χ1v) is 10.0. The average Bonchev–Trinajstić information content (AvgIpc) is 2.59. The summed E-state index contributed by atoms with van der Waals surface area (Å²) in [7, 11) is -3.62. The lowest BCUT2D eigenvalue weighted by atomic mass is 10.2. The summed E-state index contributed by atoms with van der Waals surface area (Å²) in [6.45, 7) is 3.99. The van der Waals surface area contributed by atoms with E-state index < -0.39 is 10.0 Å². The third kappa shape index (κ3) is 5.57. The van der Waals surface area contributed by atoms with Crippen LogP contribution >= 0.6 is 15.9 Å². The molecule has 0 saturated heterocycles. The van der Waals surface area contributed by atoms with Crippen LogP contribution in [0.1, 0.15) is 18.1 Å². The Morgan fingerprint density at radius 1 is 1.12 bits per heavy atom. The normalized spacial score (nSPS) is 11.9. The molecule has 0 radical (unpaired) electrons. The largest absolute Gasteiger partial charge is 0.244 e. The lowest BCUT2D eigenvalue weighted by molar-refractivity contribution is 0.477. The first kappa shape index (κ1) is 19.5. The number of hydrogen-bond acceptors (Lipinski definition) is 2. The fourth-order valence-electron chi connectivity index (χ4n) is 2.20. The molecular weight excluding hydrogens is 398 g/mol. The molecule has 5 heteroatoms. The summed E-state index contributed by atoms with van der Waals surface area (Å²) < 4.78 is 28.0. The van der Waals surface area contributed by atoms with Gasteiger partial charge in [-0.25, -0.2) is 8.42 Å². The Balaban J connectivity index is 2.30. The fourth-order valence-corrected chi connectivity index (χ4v) is 4.25. The van der Waals surface area contributed by atoms with Crippen LogP contribution in [0.2, 0.25) is 0 Å². The summed E-state index contributed by atoms with van der Waals surface area (Å²) in [5.74, 6) is 5.62. The number of benzene rings is 2. The minimum Gasteiger partial charge on any atom is -0.207 e. The zero-order valence-electron chi connectivity index (χ0n) is 14.2. The third-order valence-corrected chi connectivity index (χ3v) is 5.83. The molecule has 25 heavy (non-hydrogen) atoms. The number of aryl methyl sites for hydroxylation is 1. The summed E-state index contributed by atoms with van der Waals surface area (Å²) in [5, 5.41) is 0. The van der Waals surface area contributed by atoms with Gasteiger partial charge in [-0.05, 0) is 37.6 Å². The molecule has 2 aromatic carbocycles. The van der Waals surface area contributed by atoms with Gasteiger partial charge in [0, 0.05) is 11.0 Å². The van der Waals surface area contributed by atoms with Gasteiger partial charge in [-0.15, -0.1) is 5.92 Å². The first-order valence-electron chi connectivity index (χ1n) is 7.81. The molecule has 0 aromatic heterocycles. The lowest BCUT2D eigenvalue weighted by Crippen LogP contribution is -2.32. The van der Waals surface area contributed by atoms with E-state index in [9.17, 15) is 8.42 Å². The zero-order chi connectivity index (χ0) is 18.3. The molecule has 130 valence electrons. The molecule has 3 nitrogen and oxygen atoms in total. The van der Waals surface area contributed by atoms with Gasteiger partial charge in [-0.2, -0.15) is 4.31 Å². The minimum atomic E-state index is -3.62. The molecule has 2 rings (SSSR count). The van der Waals surface area contributed by atoms with Crippen LogP contribution in [0.3, 0.4) is 0 Å². The average molecular weight is 418 g/mol. The van der Waals surface area contributed by atoms with Gasteiger partial charge in [-0.1, -0.05) is 69.9 Å². The third-order valence-electron chi connectivity index (χ3n) is 3.54. The molecule has 0 atom stereocenters. The summed E-state index contributed by atoms with van der Waals surface area (Å²) in [4.78, 5) is 0.274. The van der Waals surface area contributed by atoms with Gasteiger partial charge in [-0.3, -0.25) is 0 Å². The molecule has 0 aliphatic carbocycles. The van der Waals surface area contributed by atoms with E-state index in [1.807, 2.05) is 43.3 Å². The molecule has 2 aromatic rings. The van der Waals surface area contributed by atoms with Crippen LogP contribution in [0.15, 0.2) is 64.0 Å². The van der Waals surface area contributed by atoms with E-state index in [0.29, 0.717) is 0 Å². The number of rotatable bonds is 6. The molecule has 0 unspecified atom stereocenters. The predicted octanol–water partition coefficient (Wildman–Crippen LogP) is 4.45. The highest BCUT2D eigenvalue weighted by Crippen LogP contribution is 2.20. The SMILES string of the molecule is CC#CCN(C/C(Br)=C/c1ccccc1)S(=O)(=O)c1ccc(C)cc1. The van der Waals surface area contributed by atoms with Crippen molar-refractivity contribution >= 4 is 32.0 Å². The van der Waals surface area contributed by atoms with Crippen LogP contribution in [-0.4, -0.2) is 25.8 Å². The maximum atomic E-state index is 12.9. The summed E-state index contributed by atoms with van der Waals surface area (Å²) in [5.41, 5.74) is 2.02. The Kier molecular flexibility index (Phi) is 7.01. The van der Waals surface area contributed by atoms with Crippen molar-refractivity contribution in [2.24, 2.45) is 0 Å². The Morgan fingerprint density at radius 2 is 1.76 bits per heavy atom. The zero-order valence-corrected chi connectivity index (χ0v) is 16.6. The number of hydrogen-bond donors (Lipinski definition) is 0. The van der Waals surface area contributed by atoms with Crippen molar-refractivity contribution < 1.29 is 8.42 Å². The molecule has 0 fully saturated rings. The molecule has 0 aliphatic heterocycles. The Bertz CT molecular complexity index is 892. The van der Waals surface area contributed by atoms with E-state index in [1.54, 1.807) is 31.2 Å². The number of halogens is 1. The highest BCUT2D eigenvalue weighted by atomic mass is 79.9. The standard InChI is InChI=1S/C20H20BrNO2S/c1-3-4-14-22(16-19(21)15-18-8-6-5-7-9-18)25(23,24)20-12-10-17(2)11-13-20/h5-13,15H,14,16H2,1-2H3/b19-15-. The Labute approximate surface area is 158 Å². The van der Waals surface area contributed by atoms with Gasteiger partial charge in [0.15, 0.2) is 0 Å². The van der Waals surface area contributed by atoms with Crippen molar-refractivity contribution in [3.05, 3.63) is 70.2 Å². The highest BCUT2D eigenvalue weighted by Gasteiger charge is 2.24. The van der Waals surface area contributed by atoms with Gasteiger partial charge >= 0.3 is 0 Å². The number of nitrogens with zero attached hydrogens (tertiary/aromatic N) is 1. The van der Waals surface area contributed by atoms with Crippen molar-refractivity contribution in [3.63, 3.8) is 0 Å².